The summed E-state index contributed by atoms with van der Waals surface area (Å²) < 4.78 is 16.7. The fourth-order valence-corrected chi connectivity index (χ4v) is 2.89. The molecule has 0 saturated heterocycles. The van der Waals surface area contributed by atoms with Crippen molar-refractivity contribution in [2.75, 3.05) is 14.2 Å². The molecule has 2 aromatic rings. The first-order chi connectivity index (χ1) is 12.9. The van der Waals surface area contributed by atoms with Crippen LogP contribution in [-0.4, -0.2) is 26.2 Å². The summed E-state index contributed by atoms with van der Waals surface area (Å²) >= 11 is 0. The summed E-state index contributed by atoms with van der Waals surface area (Å²) in [6, 6.07) is 11.1. The molecule has 0 saturated carbocycles. The van der Waals surface area contributed by atoms with Crippen LogP contribution >= 0.6 is 0 Å². The van der Waals surface area contributed by atoms with Crippen LogP contribution in [0.25, 0.3) is 0 Å². The summed E-state index contributed by atoms with van der Waals surface area (Å²) in [5.41, 5.74) is 3.04. The predicted molar refractivity (Wildman–Crippen MR) is 107 cm³/mol. The molecule has 0 heterocycles. The van der Waals surface area contributed by atoms with Crippen LogP contribution in [0.15, 0.2) is 36.4 Å². The number of aryl methyl sites for hydroxylation is 1. The van der Waals surface area contributed by atoms with Gasteiger partial charge in [0, 0.05) is 5.56 Å². The minimum absolute atomic E-state index is 0.157. The number of hydrogen-bond donors (Lipinski definition) is 1. The molecule has 0 spiro atoms. The van der Waals surface area contributed by atoms with Crippen molar-refractivity contribution in [1.82, 2.24) is 5.32 Å². The highest BCUT2D eigenvalue weighted by Gasteiger charge is 2.23. The molecule has 0 fully saturated rings. The molecule has 27 heavy (non-hydrogen) atoms. The van der Waals surface area contributed by atoms with E-state index in [0.717, 1.165) is 22.4 Å². The summed E-state index contributed by atoms with van der Waals surface area (Å²) in [6.45, 7) is 7.88. The monoisotopic (exact) mass is 371 g/mol. The lowest BCUT2D eigenvalue weighted by molar-refractivity contribution is -0.128. The zero-order valence-corrected chi connectivity index (χ0v) is 17.0. The van der Waals surface area contributed by atoms with Crippen LogP contribution in [0.3, 0.4) is 0 Å². The second-order valence-corrected chi connectivity index (χ2v) is 6.55. The number of methoxy groups -OCH3 is 2. The van der Waals surface area contributed by atoms with Gasteiger partial charge in [0.25, 0.3) is 5.91 Å². The Hall–Kier alpha value is -2.69. The highest BCUT2D eigenvalue weighted by atomic mass is 16.5. The molecule has 0 aromatic heterocycles. The van der Waals surface area contributed by atoms with Crippen LogP contribution in [0.1, 0.15) is 43.0 Å². The van der Waals surface area contributed by atoms with E-state index in [0.29, 0.717) is 17.9 Å². The largest absolute Gasteiger partial charge is 0.497 e. The van der Waals surface area contributed by atoms with Crippen molar-refractivity contribution in [3.8, 4) is 17.2 Å². The van der Waals surface area contributed by atoms with Gasteiger partial charge in [0.1, 0.15) is 17.2 Å². The second-order valence-electron chi connectivity index (χ2n) is 6.55. The van der Waals surface area contributed by atoms with Gasteiger partial charge >= 0.3 is 0 Å². The lowest BCUT2D eigenvalue weighted by Gasteiger charge is -2.23. The van der Waals surface area contributed by atoms with E-state index < -0.39 is 6.10 Å². The number of benzene rings is 2. The van der Waals surface area contributed by atoms with Gasteiger partial charge in [-0.1, -0.05) is 19.1 Å². The summed E-state index contributed by atoms with van der Waals surface area (Å²) in [5, 5.41) is 3.03. The predicted octanol–water partition coefficient (Wildman–Crippen LogP) is 4.36. The SMILES string of the molecule is CC[C@H](Oc1cccc(C)c1C)C(=O)N[C@@H](C)c1cc(OC)ccc1OC. The highest BCUT2D eigenvalue weighted by molar-refractivity contribution is 5.81. The van der Waals surface area contributed by atoms with E-state index >= 15 is 0 Å². The fraction of sp³-hybridized carbons (Fsp3) is 0.409. The maximum atomic E-state index is 12.8. The number of carbonyl (C=O) groups excluding carboxylic acids is 1. The van der Waals surface area contributed by atoms with Crippen LogP contribution in [0, 0.1) is 13.8 Å². The van der Waals surface area contributed by atoms with Crippen LogP contribution in [0.2, 0.25) is 0 Å². The van der Waals surface area contributed by atoms with Gasteiger partial charge in [0.15, 0.2) is 6.10 Å². The van der Waals surface area contributed by atoms with E-state index in [1.54, 1.807) is 14.2 Å². The minimum Gasteiger partial charge on any atom is -0.497 e. The maximum Gasteiger partial charge on any atom is 0.261 e. The first-order valence-corrected chi connectivity index (χ1v) is 9.16. The third kappa shape index (κ3) is 4.94. The van der Waals surface area contributed by atoms with Gasteiger partial charge in [-0.2, -0.15) is 0 Å². The van der Waals surface area contributed by atoms with Crippen molar-refractivity contribution in [3.63, 3.8) is 0 Å². The van der Waals surface area contributed by atoms with Gasteiger partial charge in [0.05, 0.1) is 20.3 Å². The van der Waals surface area contributed by atoms with Gasteiger partial charge < -0.3 is 19.5 Å². The molecule has 2 atom stereocenters. The van der Waals surface area contributed by atoms with Crippen LogP contribution in [0.5, 0.6) is 17.2 Å². The molecule has 146 valence electrons. The quantitative estimate of drug-likeness (QED) is 0.749. The molecule has 0 radical (unpaired) electrons. The lowest BCUT2D eigenvalue weighted by Crippen LogP contribution is -2.39. The molecule has 5 nitrogen and oxygen atoms in total. The van der Waals surface area contributed by atoms with Crippen LogP contribution in [-0.2, 0) is 4.79 Å². The molecular weight excluding hydrogens is 342 g/mol. The average molecular weight is 371 g/mol. The summed E-state index contributed by atoms with van der Waals surface area (Å²) in [7, 11) is 3.22. The number of amides is 1. The third-order valence-electron chi connectivity index (χ3n) is 4.75. The van der Waals surface area contributed by atoms with Crippen molar-refractivity contribution >= 4 is 5.91 Å². The summed E-state index contributed by atoms with van der Waals surface area (Å²) in [5.74, 6) is 2.00. The molecule has 0 bridgehead atoms. The normalized spacial score (nSPS) is 12.8. The van der Waals surface area contributed by atoms with E-state index in [-0.39, 0.29) is 11.9 Å². The number of rotatable bonds is 8. The maximum absolute atomic E-state index is 12.8. The Kier molecular flexibility index (Phi) is 7.11. The van der Waals surface area contributed by atoms with E-state index in [1.807, 2.05) is 64.1 Å². The van der Waals surface area contributed by atoms with Gasteiger partial charge in [0.2, 0.25) is 0 Å². The summed E-state index contributed by atoms with van der Waals surface area (Å²) in [6.07, 6.45) is 0.00539. The Bertz CT molecular complexity index is 788. The van der Waals surface area contributed by atoms with Gasteiger partial charge in [-0.05, 0) is 62.6 Å². The van der Waals surface area contributed by atoms with Crippen molar-refractivity contribution < 1.29 is 19.0 Å². The van der Waals surface area contributed by atoms with Gasteiger partial charge in [-0.15, -0.1) is 0 Å². The summed E-state index contributed by atoms with van der Waals surface area (Å²) in [4.78, 5) is 12.8. The Morgan fingerprint density at radius 2 is 1.81 bits per heavy atom. The minimum atomic E-state index is -0.565. The topological polar surface area (TPSA) is 56.8 Å². The standard InChI is InChI=1S/C22H29NO4/c1-7-19(27-20-10-8-9-14(2)15(20)3)22(24)23-16(4)18-13-17(25-5)11-12-21(18)26-6/h8-13,16,19H,7H2,1-6H3,(H,23,24)/t16-,19-/m0/s1. The molecule has 5 heteroatoms. The molecule has 0 unspecified atom stereocenters. The average Bonchev–Trinajstić information content (AvgIpc) is 2.68. The van der Waals surface area contributed by atoms with Crippen LogP contribution in [0.4, 0.5) is 0 Å². The Morgan fingerprint density at radius 1 is 1.07 bits per heavy atom. The van der Waals surface area contributed by atoms with Crippen molar-refractivity contribution in [1.29, 1.82) is 0 Å². The zero-order chi connectivity index (χ0) is 20.0. The highest BCUT2D eigenvalue weighted by Crippen LogP contribution is 2.29. The van der Waals surface area contributed by atoms with Crippen molar-refractivity contribution in [3.05, 3.63) is 53.1 Å². The Balaban J connectivity index is 2.15. The number of hydrogen-bond acceptors (Lipinski definition) is 4. The molecule has 0 aliphatic rings. The molecule has 1 N–H and O–H groups in total. The Labute approximate surface area is 161 Å². The zero-order valence-electron chi connectivity index (χ0n) is 17.0. The number of nitrogens with one attached hydrogen (secondary N) is 1. The van der Waals surface area contributed by atoms with Crippen molar-refractivity contribution in [2.45, 2.75) is 46.3 Å². The number of carbonyl (C=O) groups is 1. The molecule has 0 aliphatic carbocycles. The Morgan fingerprint density at radius 3 is 2.44 bits per heavy atom. The van der Waals surface area contributed by atoms with E-state index in [1.165, 1.54) is 0 Å². The molecular formula is C22H29NO4. The first-order valence-electron chi connectivity index (χ1n) is 9.16. The van der Waals surface area contributed by atoms with Crippen LogP contribution < -0.4 is 19.5 Å². The lowest BCUT2D eigenvalue weighted by atomic mass is 10.1. The van der Waals surface area contributed by atoms with Crippen molar-refractivity contribution in [2.24, 2.45) is 0 Å². The fourth-order valence-electron chi connectivity index (χ4n) is 2.89. The smallest absolute Gasteiger partial charge is 0.261 e. The van der Waals surface area contributed by atoms with E-state index in [4.69, 9.17) is 14.2 Å². The van der Waals surface area contributed by atoms with Gasteiger partial charge in [-0.25, -0.2) is 0 Å². The first kappa shape index (κ1) is 20.6. The second kappa shape index (κ2) is 9.31. The number of ether oxygens (including phenoxy) is 3. The molecule has 2 rings (SSSR count). The molecule has 0 aliphatic heterocycles. The van der Waals surface area contributed by atoms with E-state index in [2.05, 4.69) is 5.32 Å². The van der Waals surface area contributed by atoms with E-state index in [9.17, 15) is 4.79 Å². The molecule has 1 amide bonds. The van der Waals surface area contributed by atoms with Gasteiger partial charge in [-0.3, -0.25) is 4.79 Å². The molecule has 2 aromatic carbocycles. The third-order valence-corrected chi connectivity index (χ3v) is 4.75.